The number of aromatic nitrogens is 2. The van der Waals surface area contributed by atoms with Crippen LogP contribution in [0.2, 0.25) is 0 Å². The highest BCUT2D eigenvalue weighted by Crippen LogP contribution is 2.25. The molecule has 1 saturated heterocycles. The number of imidazole rings is 1. The molecule has 0 radical (unpaired) electrons. The first-order valence-electron chi connectivity index (χ1n) is 11.4. The Balaban J connectivity index is 1.99. The Morgan fingerprint density at radius 2 is 2.16 bits per heavy atom. The first-order chi connectivity index (χ1) is 15.6. The standard InChI is InChI=1S/C22H35BN6O3/c1-3-25-21(30)19-20(26-10-4-9-24)28-22(27-16-7-11-32-12-8-16)29(19)14-15-5-6-18(31-2)17(23)13-15/h5-6,13,16,26H,3-4,7-12,14,23-24H2,1-2H3,(H,25,30)(H,27,28). The van der Waals surface area contributed by atoms with Crippen molar-refractivity contribution in [3.05, 3.63) is 29.5 Å². The molecule has 1 aliphatic rings. The molecule has 1 aromatic heterocycles. The van der Waals surface area contributed by atoms with Gasteiger partial charge in [-0.05, 0) is 49.8 Å². The highest BCUT2D eigenvalue weighted by Gasteiger charge is 2.25. The van der Waals surface area contributed by atoms with Crippen LogP contribution < -0.4 is 31.9 Å². The number of amides is 1. The molecule has 1 fully saturated rings. The van der Waals surface area contributed by atoms with Crippen molar-refractivity contribution >= 4 is 31.0 Å². The highest BCUT2D eigenvalue weighted by molar-refractivity contribution is 6.34. The van der Waals surface area contributed by atoms with Crippen LogP contribution in [0.25, 0.3) is 0 Å². The SMILES string of the molecule is Bc1cc(Cn2c(NC3CCOCC3)nc(NCCCN)c2C(=O)NCC)ccc1OC. The molecule has 10 heteroatoms. The van der Waals surface area contributed by atoms with Gasteiger partial charge < -0.3 is 31.2 Å². The van der Waals surface area contributed by atoms with E-state index in [2.05, 4.69) is 22.0 Å². The van der Waals surface area contributed by atoms with E-state index in [0.717, 1.165) is 49.3 Å². The summed E-state index contributed by atoms with van der Waals surface area (Å²) < 4.78 is 12.9. The first kappa shape index (κ1) is 23.9. The number of nitrogens with two attached hydrogens (primary N) is 1. The number of hydrogen-bond donors (Lipinski definition) is 4. The lowest BCUT2D eigenvalue weighted by Gasteiger charge is -2.24. The summed E-state index contributed by atoms with van der Waals surface area (Å²) in [6.07, 6.45) is 2.60. The maximum absolute atomic E-state index is 13.1. The van der Waals surface area contributed by atoms with E-state index in [1.807, 2.05) is 31.5 Å². The van der Waals surface area contributed by atoms with Crippen molar-refractivity contribution < 1.29 is 14.3 Å². The van der Waals surface area contributed by atoms with Gasteiger partial charge in [-0.1, -0.05) is 12.1 Å². The maximum atomic E-state index is 13.1. The number of ether oxygens (including phenoxy) is 2. The summed E-state index contributed by atoms with van der Waals surface area (Å²) in [5.41, 5.74) is 8.29. The minimum atomic E-state index is -0.152. The van der Waals surface area contributed by atoms with E-state index in [1.54, 1.807) is 7.11 Å². The Morgan fingerprint density at radius 1 is 1.38 bits per heavy atom. The average molecular weight is 442 g/mol. The van der Waals surface area contributed by atoms with Crippen LogP contribution in [0, 0.1) is 0 Å². The fraction of sp³-hybridized carbons (Fsp3) is 0.545. The van der Waals surface area contributed by atoms with Crippen molar-refractivity contribution in [1.82, 2.24) is 14.9 Å². The lowest BCUT2D eigenvalue weighted by molar-refractivity contribution is 0.0901. The largest absolute Gasteiger partial charge is 0.497 e. The molecule has 1 aliphatic heterocycles. The van der Waals surface area contributed by atoms with Gasteiger partial charge in [-0.15, -0.1) is 0 Å². The predicted molar refractivity (Wildman–Crippen MR) is 130 cm³/mol. The lowest BCUT2D eigenvalue weighted by atomic mass is 9.93. The van der Waals surface area contributed by atoms with Crippen LogP contribution >= 0.6 is 0 Å². The van der Waals surface area contributed by atoms with Gasteiger partial charge in [-0.3, -0.25) is 9.36 Å². The van der Waals surface area contributed by atoms with Crippen molar-refractivity contribution in [2.24, 2.45) is 5.73 Å². The fourth-order valence-electron chi connectivity index (χ4n) is 3.87. The Hall–Kier alpha value is -2.72. The Kier molecular flexibility index (Phi) is 8.81. The van der Waals surface area contributed by atoms with Crippen LogP contribution in [0.5, 0.6) is 5.75 Å². The molecule has 1 amide bonds. The van der Waals surface area contributed by atoms with Gasteiger partial charge in [0.2, 0.25) is 5.95 Å². The molecule has 174 valence electrons. The number of nitrogens with one attached hydrogen (secondary N) is 3. The molecular formula is C22H35BN6O3. The van der Waals surface area contributed by atoms with Gasteiger partial charge in [0.1, 0.15) is 13.6 Å². The molecule has 32 heavy (non-hydrogen) atoms. The molecule has 2 aromatic rings. The summed E-state index contributed by atoms with van der Waals surface area (Å²) in [4.78, 5) is 17.9. The van der Waals surface area contributed by atoms with Gasteiger partial charge in [0.15, 0.2) is 11.5 Å². The summed E-state index contributed by atoms with van der Waals surface area (Å²) in [6, 6.07) is 6.31. The van der Waals surface area contributed by atoms with Gasteiger partial charge in [0.25, 0.3) is 5.91 Å². The van der Waals surface area contributed by atoms with E-state index in [9.17, 15) is 4.79 Å². The molecular weight excluding hydrogens is 407 g/mol. The molecule has 0 saturated carbocycles. The number of anilines is 2. The monoisotopic (exact) mass is 442 g/mol. The number of carbonyl (C=O) groups excluding carboxylic acids is 1. The quantitative estimate of drug-likeness (QED) is 0.292. The molecule has 5 N–H and O–H groups in total. The summed E-state index contributed by atoms with van der Waals surface area (Å²) >= 11 is 0. The summed E-state index contributed by atoms with van der Waals surface area (Å²) in [7, 11) is 3.68. The maximum Gasteiger partial charge on any atom is 0.271 e. The van der Waals surface area contributed by atoms with E-state index in [4.69, 9.17) is 20.2 Å². The average Bonchev–Trinajstić information content (AvgIpc) is 3.11. The second-order valence-corrected chi connectivity index (χ2v) is 7.98. The molecule has 0 atom stereocenters. The number of nitrogens with zero attached hydrogens (tertiary/aromatic N) is 2. The van der Waals surface area contributed by atoms with Crippen molar-refractivity contribution in [2.45, 2.75) is 38.8 Å². The molecule has 0 aliphatic carbocycles. The van der Waals surface area contributed by atoms with Crippen LogP contribution in [-0.2, 0) is 11.3 Å². The third-order valence-electron chi connectivity index (χ3n) is 5.55. The number of rotatable bonds is 11. The van der Waals surface area contributed by atoms with Gasteiger partial charge in [0.05, 0.1) is 13.7 Å². The van der Waals surface area contributed by atoms with Crippen LogP contribution in [0.3, 0.4) is 0 Å². The number of methoxy groups -OCH3 is 1. The van der Waals surface area contributed by atoms with Crippen molar-refractivity contribution in [1.29, 1.82) is 0 Å². The summed E-state index contributed by atoms with van der Waals surface area (Å²) in [5, 5.41) is 9.80. The molecule has 0 spiro atoms. The third kappa shape index (κ3) is 5.95. The minimum Gasteiger partial charge on any atom is -0.497 e. The zero-order valence-corrected chi connectivity index (χ0v) is 19.4. The predicted octanol–water partition coefficient (Wildman–Crippen LogP) is 0.300. The van der Waals surface area contributed by atoms with Crippen LogP contribution in [-0.4, -0.2) is 69.3 Å². The van der Waals surface area contributed by atoms with Crippen LogP contribution in [0.4, 0.5) is 11.8 Å². The van der Waals surface area contributed by atoms with Crippen LogP contribution in [0.1, 0.15) is 42.2 Å². The highest BCUT2D eigenvalue weighted by atomic mass is 16.5. The van der Waals surface area contributed by atoms with Gasteiger partial charge in [-0.2, -0.15) is 4.98 Å². The van der Waals surface area contributed by atoms with Crippen molar-refractivity contribution in [2.75, 3.05) is 50.6 Å². The van der Waals surface area contributed by atoms with E-state index >= 15 is 0 Å². The van der Waals surface area contributed by atoms with E-state index in [0.29, 0.717) is 43.6 Å². The van der Waals surface area contributed by atoms with Gasteiger partial charge >= 0.3 is 0 Å². The zero-order chi connectivity index (χ0) is 22.9. The Labute approximate surface area is 190 Å². The smallest absolute Gasteiger partial charge is 0.271 e. The second-order valence-electron chi connectivity index (χ2n) is 7.98. The lowest BCUT2D eigenvalue weighted by Crippen LogP contribution is -2.30. The first-order valence-corrected chi connectivity index (χ1v) is 11.4. The number of hydrogen-bond acceptors (Lipinski definition) is 7. The minimum absolute atomic E-state index is 0.152. The molecule has 9 nitrogen and oxygen atoms in total. The Morgan fingerprint density at radius 3 is 2.81 bits per heavy atom. The second kappa shape index (κ2) is 11.8. The van der Waals surface area contributed by atoms with E-state index < -0.39 is 0 Å². The molecule has 2 heterocycles. The normalized spacial score (nSPS) is 14.2. The Bertz CT molecular complexity index is 898. The van der Waals surface area contributed by atoms with Gasteiger partial charge in [-0.25, -0.2) is 0 Å². The molecule has 3 rings (SSSR count). The summed E-state index contributed by atoms with van der Waals surface area (Å²) in [5.74, 6) is 1.94. The van der Waals surface area contributed by atoms with Gasteiger partial charge in [0, 0.05) is 32.3 Å². The summed E-state index contributed by atoms with van der Waals surface area (Å²) in [6.45, 7) is 5.63. The van der Waals surface area contributed by atoms with Crippen LogP contribution in [0.15, 0.2) is 18.2 Å². The zero-order valence-electron chi connectivity index (χ0n) is 19.4. The molecule has 1 aromatic carbocycles. The molecule has 0 unspecified atom stereocenters. The van der Waals surface area contributed by atoms with E-state index in [1.165, 1.54) is 0 Å². The third-order valence-corrected chi connectivity index (χ3v) is 5.55. The van der Waals surface area contributed by atoms with Crippen molar-refractivity contribution in [3.63, 3.8) is 0 Å². The topological polar surface area (TPSA) is 115 Å². The fourth-order valence-corrected chi connectivity index (χ4v) is 3.87. The van der Waals surface area contributed by atoms with E-state index in [-0.39, 0.29) is 11.9 Å². The number of carbonyl (C=O) groups is 1. The number of benzene rings is 1. The molecule has 0 bridgehead atoms. The van der Waals surface area contributed by atoms with Crippen molar-refractivity contribution in [3.8, 4) is 5.75 Å².